The van der Waals surface area contributed by atoms with E-state index in [1.807, 2.05) is 6.08 Å². The summed E-state index contributed by atoms with van der Waals surface area (Å²) in [5, 5.41) is 2.72. The maximum absolute atomic E-state index is 13.9. The van der Waals surface area contributed by atoms with Gasteiger partial charge in [0.15, 0.2) is 0 Å². The highest BCUT2D eigenvalue weighted by Gasteiger charge is 2.19. The van der Waals surface area contributed by atoms with Gasteiger partial charge in [-0.15, -0.1) is 0 Å². The van der Waals surface area contributed by atoms with Gasteiger partial charge in [-0.3, -0.25) is 9.59 Å². The van der Waals surface area contributed by atoms with E-state index < -0.39 is 11.8 Å². The SMILES string of the molecule is COC(=O)Cc1ccc(NC(=O)[C@@H]2CC=CCC2)cc1F. The minimum atomic E-state index is -0.526. The molecule has 0 spiro atoms. The summed E-state index contributed by atoms with van der Waals surface area (Å²) in [5.41, 5.74) is 0.654. The molecule has 1 atom stereocenters. The number of hydrogen-bond donors (Lipinski definition) is 1. The van der Waals surface area contributed by atoms with Crippen LogP contribution in [0.25, 0.3) is 0 Å². The summed E-state index contributed by atoms with van der Waals surface area (Å²) in [7, 11) is 1.26. The van der Waals surface area contributed by atoms with E-state index in [4.69, 9.17) is 0 Å². The number of carbonyl (C=O) groups is 2. The first-order chi connectivity index (χ1) is 10.1. The predicted octanol–water partition coefficient (Wildman–Crippen LogP) is 2.84. The summed E-state index contributed by atoms with van der Waals surface area (Å²) in [6.45, 7) is 0. The Hall–Kier alpha value is -2.17. The van der Waals surface area contributed by atoms with Crippen molar-refractivity contribution in [3.05, 3.63) is 41.7 Å². The molecule has 21 heavy (non-hydrogen) atoms. The van der Waals surface area contributed by atoms with Gasteiger partial charge in [-0.2, -0.15) is 0 Å². The highest BCUT2D eigenvalue weighted by molar-refractivity contribution is 5.92. The Morgan fingerprint density at radius 3 is 2.81 bits per heavy atom. The van der Waals surface area contributed by atoms with E-state index in [0.717, 1.165) is 19.3 Å². The van der Waals surface area contributed by atoms with Gasteiger partial charge in [0.05, 0.1) is 13.5 Å². The molecule has 0 bridgehead atoms. The Labute approximate surface area is 123 Å². The molecule has 0 fully saturated rings. The zero-order valence-electron chi connectivity index (χ0n) is 11.9. The topological polar surface area (TPSA) is 55.4 Å². The van der Waals surface area contributed by atoms with Crippen LogP contribution in [-0.2, 0) is 20.7 Å². The quantitative estimate of drug-likeness (QED) is 0.685. The Kier molecular flexibility index (Phi) is 5.09. The number of anilines is 1. The van der Waals surface area contributed by atoms with Gasteiger partial charge in [-0.25, -0.2) is 4.39 Å². The summed E-state index contributed by atoms with van der Waals surface area (Å²) in [6.07, 6.45) is 6.35. The standard InChI is InChI=1S/C16H18FNO3/c1-21-15(19)9-12-7-8-13(10-14(12)17)18-16(20)11-5-3-2-4-6-11/h2-3,7-8,10-11H,4-6,9H2,1H3,(H,18,20)/t11-/m1/s1. The van der Waals surface area contributed by atoms with Crippen molar-refractivity contribution in [2.24, 2.45) is 5.92 Å². The number of amides is 1. The fraction of sp³-hybridized carbons (Fsp3) is 0.375. The molecule has 112 valence electrons. The largest absolute Gasteiger partial charge is 0.469 e. The van der Waals surface area contributed by atoms with Crippen molar-refractivity contribution in [2.45, 2.75) is 25.7 Å². The third-order valence-corrected chi connectivity index (χ3v) is 3.52. The molecule has 1 aromatic carbocycles. The molecule has 5 heteroatoms. The average molecular weight is 291 g/mol. The lowest BCUT2D eigenvalue weighted by atomic mass is 9.93. The minimum Gasteiger partial charge on any atom is -0.469 e. The second-order valence-corrected chi connectivity index (χ2v) is 5.03. The van der Waals surface area contributed by atoms with E-state index in [-0.39, 0.29) is 23.8 Å². The van der Waals surface area contributed by atoms with Gasteiger partial charge in [-0.1, -0.05) is 18.2 Å². The molecule has 0 saturated heterocycles. The van der Waals surface area contributed by atoms with E-state index in [2.05, 4.69) is 16.1 Å². The van der Waals surface area contributed by atoms with Crippen LogP contribution in [0.2, 0.25) is 0 Å². The number of rotatable bonds is 4. The Bertz CT molecular complexity index is 569. The monoisotopic (exact) mass is 291 g/mol. The number of esters is 1. The molecule has 4 nitrogen and oxygen atoms in total. The molecule has 0 aliphatic heterocycles. The number of methoxy groups -OCH3 is 1. The van der Waals surface area contributed by atoms with Crippen LogP contribution in [0, 0.1) is 11.7 Å². The van der Waals surface area contributed by atoms with Crippen molar-refractivity contribution in [3.8, 4) is 0 Å². The molecule has 0 radical (unpaired) electrons. The number of halogens is 1. The molecule has 1 aliphatic carbocycles. The fourth-order valence-electron chi connectivity index (χ4n) is 2.27. The van der Waals surface area contributed by atoms with Crippen molar-refractivity contribution in [3.63, 3.8) is 0 Å². The third kappa shape index (κ3) is 4.15. The van der Waals surface area contributed by atoms with Crippen LogP contribution in [-0.4, -0.2) is 19.0 Å². The van der Waals surface area contributed by atoms with E-state index in [0.29, 0.717) is 5.69 Å². The van der Waals surface area contributed by atoms with Crippen molar-refractivity contribution < 1.29 is 18.7 Å². The van der Waals surface area contributed by atoms with Crippen molar-refractivity contribution in [1.29, 1.82) is 0 Å². The Balaban J connectivity index is 2.01. The first kappa shape index (κ1) is 15.2. The molecule has 0 unspecified atom stereocenters. The number of allylic oxidation sites excluding steroid dienone is 2. The van der Waals surface area contributed by atoms with Crippen LogP contribution in [0.15, 0.2) is 30.4 Å². The number of benzene rings is 1. The zero-order chi connectivity index (χ0) is 15.2. The molecular formula is C16H18FNO3. The summed E-state index contributed by atoms with van der Waals surface area (Å²) in [5.74, 6) is -1.19. The van der Waals surface area contributed by atoms with Gasteiger partial charge in [0, 0.05) is 11.6 Å². The molecular weight excluding hydrogens is 273 g/mol. The average Bonchev–Trinajstić information content (AvgIpc) is 2.50. The fourth-order valence-corrected chi connectivity index (χ4v) is 2.27. The Morgan fingerprint density at radius 2 is 2.19 bits per heavy atom. The van der Waals surface area contributed by atoms with Gasteiger partial charge in [-0.05, 0) is 37.0 Å². The maximum Gasteiger partial charge on any atom is 0.310 e. The number of hydrogen-bond acceptors (Lipinski definition) is 3. The predicted molar refractivity (Wildman–Crippen MR) is 77.2 cm³/mol. The van der Waals surface area contributed by atoms with E-state index in [1.165, 1.54) is 19.2 Å². The van der Waals surface area contributed by atoms with Gasteiger partial charge < -0.3 is 10.1 Å². The van der Waals surface area contributed by atoms with Crippen LogP contribution in [0.1, 0.15) is 24.8 Å². The van der Waals surface area contributed by atoms with Crippen LogP contribution in [0.3, 0.4) is 0 Å². The van der Waals surface area contributed by atoms with Crippen LogP contribution >= 0.6 is 0 Å². The van der Waals surface area contributed by atoms with Crippen LogP contribution < -0.4 is 5.32 Å². The smallest absolute Gasteiger partial charge is 0.310 e. The second-order valence-electron chi connectivity index (χ2n) is 5.03. The highest BCUT2D eigenvalue weighted by Crippen LogP contribution is 2.21. The summed E-state index contributed by atoms with van der Waals surface area (Å²) >= 11 is 0. The molecule has 1 aromatic rings. The molecule has 1 N–H and O–H groups in total. The summed E-state index contributed by atoms with van der Waals surface area (Å²) in [4.78, 5) is 23.2. The molecule has 0 heterocycles. The molecule has 1 aliphatic rings. The number of carbonyl (C=O) groups excluding carboxylic acids is 2. The van der Waals surface area contributed by atoms with Gasteiger partial charge in [0.25, 0.3) is 0 Å². The van der Waals surface area contributed by atoms with E-state index in [9.17, 15) is 14.0 Å². The molecule has 0 saturated carbocycles. The van der Waals surface area contributed by atoms with Gasteiger partial charge >= 0.3 is 5.97 Å². The van der Waals surface area contributed by atoms with Crippen molar-refractivity contribution in [2.75, 3.05) is 12.4 Å². The van der Waals surface area contributed by atoms with E-state index in [1.54, 1.807) is 6.07 Å². The summed E-state index contributed by atoms with van der Waals surface area (Å²) < 4.78 is 18.4. The van der Waals surface area contributed by atoms with Crippen LogP contribution in [0.5, 0.6) is 0 Å². The second kappa shape index (κ2) is 7.02. The number of nitrogens with one attached hydrogen (secondary N) is 1. The third-order valence-electron chi connectivity index (χ3n) is 3.52. The number of ether oxygens (including phenoxy) is 1. The van der Waals surface area contributed by atoms with Gasteiger partial charge in [0.2, 0.25) is 5.91 Å². The first-order valence-corrected chi connectivity index (χ1v) is 6.91. The minimum absolute atomic E-state index is 0.0622. The van der Waals surface area contributed by atoms with Crippen LogP contribution in [0.4, 0.5) is 10.1 Å². The lowest BCUT2D eigenvalue weighted by Crippen LogP contribution is -2.23. The zero-order valence-corrected chi connectivity index (χ0v) is 11.9. The van der Waals surface area contributed by atoms with Gasteiger partial charge in [0.1, 0.15) is 5.82 Å². The Morgan fingerprint density at radius 1 is 1.38 bits per heavy atom. The van der Waals surface area contributed by atoms with Crippen molar-refractivity contribution in [1.82, 2.24) is 0 Å². The normalized spacial score (nSPS) is 17.3. The van der Waals surface area contributed by atoms with E-state index >= 15 is 0 Å². The molecule has 1 amide bonds. The lowest BCUT2D eigenvalue weighted by Gasteiger charge is -2.17. The molecule has 0 aromatic heterocycles. The maximum atomic E-state index is 13.9. The van der Waals surface area contributed by atoms with Crippen molar-refractivity contribution >= 4 is 17.6 Å². The highest BCUT2D eigenvalue weighted by atomic mass is 19.1. The molecule has 2 rings (SSSR count). The lowest BCUT2D eigenvalue weighted by molar-refractivity contribution is -0.139. The summed E-state index contributed by atoms with van der Waals surface area (Å²) in [6, 6.07) is 4.31. The first-order valence-electron chi connectivity index (χ1n) is 6.91.